The van der Waals surface area contributed by atoms with Gasteiger partial charge in [-0.3, -0.25) is 4.21 Å². The van der Waals surface area contributed by atoms with E-state index in [2.05, 4.69) is 29.2 Å². The third kappa shape index (κ3) is 5.07. The molecule has 3 nitrogen and oxygen atoms in total. The van der Waals surface area contributed by atoms with Gasteiger partial charge >= 0.3 is 0 Å². The average molecular weight is 366 g/mol. The first-order chi connectivity index (χ1) is 11.2. The van der Waals surface area contributed by atoms with E-state index in [-0.39, 0.29) is 23.4 Å². The number of rotatable bonds is 6. The zero-order valence-corrected chi connectivity index (χ0v) is 15.3. The summed E-state index contributed by atoms with van der Waals surface area (Å²) in [5, 5.41) is 9.53. The molecule has 2 aromatic carbocycles. The van der Waals surface area contributed by atoms with Crippen LogP contribution in [0.2, 0.25) is 0 Å². The zero-order chi connectivity index (χ0) is 16.1. The summed E-state index contributed by atoms with van der Waals surface area (Å²) in [6, 6.07) is 17.3. The zero-order valence-electron chi connectivity index (χ0n) is 13.6. The molecule has 1 saturated heterocycles. The number of phenols is 1. The molecule has 1 heterocycles. The van der Waals surface area contributed by atoms with Gasteiger partial charge in [-0.1, -0.05) is 30.3 Å². The van der Waals surface area contributed by atoms with E-state index in [9.17, 15) is 9.32 Å². The van der Waals surface area contributed by atoms with Gasteiger partial charge in [0.2, 0.25) is 0 Å². The fourth-order valence-electron chi connectivity index (χ4n) is 3.10. The molecular formula is C19H24ClNO2S. The van der Waals surface area contributed by atoms with Crippen molar-refractivity contribution < 1.29 is 9.32 Å². The molecule has 0 spiro atoms. The number of nitrogens with zero attached hydrogens (tertiary/aromatic N) is 1. The van der Waals surface area contributed by atoms with Crippen LogP contribution in [0.25, 0.3) is 0 Å². The maximum atomic E-state index is 12.6. The van der Waals surface area contributed by atoms with E-state index in [4.69, 9.17) is 0 Å². The summed E-state index contributed by atoms with van der Waals surface area (Å²) in [4.78, 5) is 3.24. The minimum absolute atomic E-state index is 0. The minimum Gasteiger partial charge on any atom is -0.508 e. The molecule has 1 aliphatic heterocycles. The largest absolute Gasteiger partial charge is 0.508 e. The summed E-state index contributed by atoms with van der Waals surface area (Å²) in [5.41, 5.74) is 1.39. The fraction of sp³-hybridized carbons (Fsp3) is 0.368. The summed E-state index contributed by atoms with van der Waals surface area (Å²) in [6.45, 7) is 3.00. The van der Waals surface area contributed by atoms with E-state index in [1.54, 1.807) is 24.3 Å². The van der Waals surface area contributed by atoms with E-state index in [0.29, 0.717) is 0 Å². The van der Waals surface area contributed by atoms with Gasteiger partial charge in [0, 0.05) is 11.4 Å². The molecule has 1 aliphatic rings. The Morgan fingerprint density at radius 3 is 2.50 bits per heavy atom. The monoisotopic (exact) mass is 365 g/mol. The fourth-order valence-corrected chi connectivity index (χ4v) is 4.55. The van der Waals surface area contributed by atoms with Crippen molar-refractivity contribution in [3.8, 4) is 5.75 Å². The van der Waals surface area contributed by atoms with Crippen LogP contribution in [-0.2, 0) is 17.2 Å². The predicted octanol–water partition coefficient (Wildman–Crippen LogP) is 3.63. The van der Waals surface area contributed by atoms with Gasteiger partial charge in [0.05, 0.1) is 16.0 Å². The van der Waals surface area contributed by atoms with Crippen LogP contribution in [0, 0.1) is 0 Å². The molecule has 3 rings (SSSR count). The summed E-state index contributed by atoms with van der Waals surface area (Å²) in [7, 11) is -0.982. The molecule has 5 heteroatoms. The summed E-state index contributed by atoms with van der Waals surface area (Å²) in [6.07, 6.45) is 3.23. The molecule has 1 N–H and O–H groups in total. The van der Waals surface area contributed by atoms with Gasteiger partial charge in [-0.2, -0.15) is 0 Å². The first-order valence-electron chi connectivity index (χ1n) is 8.18. The predicted molar refractivity (Wildman–Crippen MR) is 101 cm³/mol. The van der Waals surface area contributed by atoms with Gasteiger partial charge in [0.1, 0.15) is 5.75 Å². The van der Waals surface area contributed by atoms with Gasteiger partial charge in [0.25, 0.3) is 0 Å². The second-order valence-electron chi connectivity index (χ2n) is 6.09. The normalized spacial score (nSPS) is 18.9. The van der Waals surface area contributed by atoms with Crippen LogP contribution >= 0.6 is 12.4 Å². The lowest BCUT2D eigenvalue weighted by atomic mass is 10.1. The Morgan fingerprint density at radius 2 is 1.79 bits per heavy atom. The van der Waals surface area contributed by atoms with Crippen LogP contribution in [0.3, 0.4) is 0 Å². The lowest BCUT2D eigenvalue weighted by Gasteiger charge is -2.15. The maximum absolute atomic E-state index is 12.6. The molecule has 0 aromatic heterocycles. The van der Waals surface area contributed by atoms with Crippen molar-refractivity contribution in [1.82, 2.24) is 4.90 Å². The smallest absolute Gasteiger partial charge is 0.115 e. The van der Waals surface area contributed by atoms with Crippen molar-refractivity contribution >= 4 is 23.2 Å². The summed E-state index contributed by atoms with van der Waals surface area (Å²) in [5.74, 6) is 0.222. The van der Waals surface area contributed by atoms with E-state index in [1.165, 1.54) is 5.56 Å². The summed E-state index contributed by atoms with van der Waals surface area (Å²) < 4.78 is 12.6. The molecule has 0 amide bonds. The Balaban J connectivity index is 0.00000208. The van der Waals surface area contributed by atoms with Crippen molar-refractivity contribution in [3.05, 3.63) is 60.2 Å². The number of hydrogen-bond acceptors (Lipinski definition) is 3. The maximum Gasteiger partial charge on any atom is 0.115 e. The molecule has 0 aliphatic carbocycles. The topological polar surface area (TPSA) is 40.5 Å². The van der Waals surface area contributed by atoms with Crippen molar-refractivity contribution in [1.29, 1.82) is 0 Å². The van der Waals surface area contributed by atoms with E-state index >= 15 is 0 Å². The third-order valence-corrected chi connectivity index (χ3v) is 6.11. The van der Waals surface area contributed by atoms with Crippen LogP contribution in [0.1, 0.15) is 18.4 Å². The van der Waals surface area contributed by atoms with Crippen LogP contribution < -0.4 is 0 Å². The molecule has 2 aromatic rings. The SMILES string of the molecule is Cl.O=S(c1ccc(O)cc1)C1CCN(CCCc2ccccc2)C1. The quantitative estimate of drug-likeness (QED) is 0.849. The van der Waals surface area contributed by atoms with Crippen molar-refractivity contribution in [3.63, 3.8) is 0 Å². The van der Waals surface area contributed by atoms with Crippen LogP contribution in [-0.4, -0.2) is 39.1 Å². The molecule has 0 saturated carbocycles. The van der Waals surface area contributed by atoms with Gasteiger partial charge in [-0.25, -0.2) is 0 Å². The van der Waals surface area contributed by atoms with Crippen LogP contribution in [0.15, 0.2) is 59.5 Å². The molecule has 2 unspecified atom stereocenters. The lowest BCUT2D eigenvalue weighted by molar-refractivity contribution is 0.334. The highest BCUT2D eigenvalue weighted by atomic mass is 35.5. The first-order valence-corrected chi connectivity index (χ1v) is 9.39. The Bertz CT molecular complexity index is 648. The molecular weight excluding hydrogens is 342 g/mol. The number of phenolic OH excluding ortho intramolecular Hbond substituents is 1. The Hall–Kier alpha value is -1.36. The first kappa shape index (κ1) is 19.0. The van der Waals surface area contributed by atoms with Crippen LogP contribution in [0.4, 0.5) is 0 Å². The van der Waals surface area contributed by atoms with Crippen molar-refractivity contribution in [2.75, 3.05) is 19.6 Å². The molecule has 0 bridgehead atoms. The van der Waals surface area contributed by atoms with Crippen molar-refractivity contribution in [2.24, 2.45) is 0 Å². The Labute approximate surface area is 152 Å². The number of likely N-dealkylation sites (tertiary alicyclic amines) is 1. The highest BCUT2D eigenvalue weighted by molar-refractivity contribution is 7.85. The van der Waals surface area contributed by atoms with Crippen molar-refractivity contribution in [2.45, 2.75) is 29.4 Å². The number of aryl methyl sites for hydroxylation is 1. The van der Waals surface area contributed by atoms with Gasteiger partial charge in [-0.05, 0) is 62.2 Å². The van der Waals surface area contributed by atoms with Crippen LogP contribution in [0.5, 0.6) is 5.75 Å². The minimum atomic E-state index is -0.982. The van der Waals surface area contributed by atoms with Gasteiger partial charge < -0.3 is 10.0 Å². The van der Waals surface area contributed by atoms with E-state index < -0.39 is 10.8 Å². The highest BCUT2D eigenvalue weighted by Gasteiger charge is 2.27. The molecule has 2 atom stereocenters. The van der Waals surface area contributed by atoms with E-state index in [1.807, 2.05) is 6.07 Å². The second-order valence-corrected chi connectivity index (χ2v) is 7.82. The molecule has 130 valence electrons. The number of halogens is 1. The average Bonchev–Trinajstić information content (AvgIpc) is 3.05. The number of benzene rings is 2. The standard InChI is InChI=1S/C19H23NO2S.ClH/c21-17-8-10-18(11-9-17)23(22)19-12-14-20(15-19)13-4-7-16-5-2-1-3-6-16;/h1-3,5-6,8-11,19,21H,4,7,12-15H2;1H. The molecule has 0 radical (unpaired) electrons. The highest BCUT2D eigenvalue weighted by Crippen LogP contribution is 2.22. The number of aromatic hydroxyl groups is 1. The lowest BCUT2D eigenvalue weighted by Crippen LogP contribution is -2.25. The summed E-state index contributed by atoms with van der Waals surface area (Å²) >= 11 is 0. The van der Waals surface area contributed by atoms with E-state index in [0.717, 1.165) is 43.8 Å². The third-order valence-electron chi connectivity index (χ3n) is 4.38. The van der Waals surface area contributed by atoms with Gasteiger partial charge in [-0.15, -0.1) is 12.4 Å². The Morgan fingerprint density at radius 1 is 1.08 bits per heavy atom. The number of hydrogen-bond donors (Lipinski definition) is 1. The Kier molecular flexibility index (Phi) is 7.28. The molecule has 1 fully saturated rings. The van der Waals surface area contributed by atoms with Gasteiger partial charge in [0.15, 0.2) is 0 Å². The second kappa shape index (κ2) is 9.21. The molecule has 24 heavy (non-hydrogen) atoms.